The molecule has 32 heavy (non-hydrogen) atoms. The molecular formula is C24H23FN4O2S. The number of aryl methyl sites for hydroxylation is 3. The number of benzene rings is 1. The van der Waals surface area contributed by atoms with E-state index in [0.29, 0.717) is 25.0 Å². The Morgan fingerprint density at radius 3 is 2.94 bits per heavy atom. The van der Waals surface area contributed by atoms with E-state index in [4.69, 9.17) is 0 Å². The van der Waals surface area contributed by atoms with Gasteiger partial charge < -0.3 is 9.88 Å². The van der Waals surface area contributed by atoms with Crippen LogP contribution in [0.1, 0.15) is 28.8 Å². The van der Waals surface area contributed by atoms with Crippen LogP contribution in [-0.4, -0.2) is 38.4 Å². The Labute approximate surface area is 188 Å². The number of carbonyl (C=O) groups excluding carboxylic acids is 1. The minimum absolute atomic E-state index is 0.0199. The van der Waals surface area contributed by atoms with Gasteiger partial charge in [0.2, 0.25) is 5.91 Å². The van der Waals surface area contributed by atoms with E-state index in [-0.39, 0.29) is 23.7 Å². The van der Waals surface area contributed by atoms with Crippen LogP contribution in [0.15, 0.2) is 41.6 Å². The van der Waals surface area contributed by atoms with Crippen LogP contribution in [0.3, 0.4) is 0 Å². The van der Waals surface area contributed by atoms with Gasteiger partial charge in [-0.1, -0.05) is 6.08 Å². The lowest BCUT2D eigenvalue weighted by Gasteiger charge is -2.26. The van der Waals surface area contributed by atoms with Crippen molar-refractivity contribution in [2.75, 3.05) is 13.1 Å². The third-order valence-corrected chi connectivity index (χ3v) is 7.39. The van der Waals surface area contributed by atoms with Gasteiger partial charge >= 0.3 is 0 Å². The highest BCUT2D eigenvalue weighted by atomic mass is 32.1. The van der Waals surface area contributed by atoms with E-state index in [9.17, 15) is 14.0 Å². The largest absolute Gasteiger partial charge is 0.360 e. The number of nitrogens with one attached hydrogen (secondary N) is 1. The Morgan fingerprint density at radius 2 is 2.16 bits per heavy atom. The maximum absolute atomic E-state index is 13.4. The van der Waals surface area contributed by atoms with Gasteiger partial charge in [0.25, 0.3) is 5.56 Å². The number of aromatic amines is 1. The van der Waals surface area contributed by atoms with Crippen LogP contribution >= 0.6 is 11.3 Å². The van der Waals surface area contributed by atoms with E-state index in [2.05, 4.69) is 16.0 Å². The van der Waals surface area contributed by atoms with Gasteiger partial charge in [-0.25, -0.2) is 9.37 Å². The number of halogens is 1. The Hall–Kier alpha value is -3.26. The summed E-state index contributed by atoms with van der Waals surface area (Å²) in [6.45, 7) is 5.39. The van der Waals surface area contributed by atoms with E-state index in [0.717, 1.165) is 43.7 Å². The number of aromatic nitrogens is 3. The maximum Gasteiger partial charge on any atom is 0.262 e. The van der Waals surface area contributed by atoms with Crippen molar-refractivity contribution >= 4 is 43.9 Å². The number of fused-ring (bicyclic) bond motifs is 2. The fourth-order valence-corrected chi connectivity index (χ4v) is 5.30. The van der Waals surface area contributed by atoms with Crippen LogP contribution in [0.4, 0.5) is 4.39 Å². The second-order valence-corrected chi connectivity index (χ2v) is 9.37. The first kappa shape index (κ1) is 20.6. The number of rotatable bonds is 4. The standard InChI is InChI=1S/C24H23FN4O2S/c1-14-15(2)32-23-22(14)24(31)29(13-27-23)10-7-21(30)28-8-5-16(6-9-28)19-12-26-20-11-17(25)3-4-18(19)20/h3-5,11-13,26H,6-10H2,1-2H3. The van der Waals surface area contributed by atoms with Gasteiger partial charge in [0, 0.05) is 53.6 Å². The minimum Gasteiger partial charge on any atom is -0.360 e. The summed E-state index contributed by atoms with van der Waals surface area (Å²) in [5.74, 6) is -0.246. The molecule has 0 radical (unpaired) electrons. The average Bonchev–Trinajstić information content (AvgIpc) is 3.33. The Morgan fingerprint density at radius 1 is 1.31 bits per heavy atom. The van der Waals surface area contributed by atoms with E-state index >= 15 is 0 Å². The van der Waals surface area contributed by atoms with Crippen LogP contribution < -0.4 is 5.56 Å². The highest BCUT2D eigenvalue weighted by molar-refractivity contribution is 7.18. The summed E-state index contributed by atoms with van der Waals surface area (Å²) in [5, 5.41) is 1.64. The zero-order chi connectivity index (χ0) is 22.4. The molecule has 3 aromatic heterocycles. The van der Waals surface area contributed by atoms with Gasteiger partial charge in [-0.3, -0.25) is 14.2 Å². The second kappa shape index (κ2) is 8.02. The number of H-pyrrole nitrogens is 1. The lowest BCUT2D eigenvalue weighted by atomic mass is 9.99. The maximum atomic E-state index is 13.4. The summed E-state index contributed by atoms with van der Waals surface area (Å²) in [7, 11) is 0. The molecule has 0 aliphatic carbocycles. The Bertz CT molecular complexity index is 1450. The molecule has 4 heterocycles. The Kier molecular flexibility index (Phi) is 5.17. The monoisotopic (exact) mass is 450 g/mol. The molecule has 0 spiro atoms. The number of hydrogen-bond donors (Lipinski definition) is 1. The van der Waals surface area contributed by atoms with Gasteiger partial charge in [-0.05, 0) is 49.6 Å². The number of hydrogen-bond acceptors (Lipinski definition) is 4. The SMILES string of the molecule is Cc1sc2ncn(CCC(=O)N3CC=C(c4c[nH]c5cc(F)ccc45)CC3)c(=O)c2c1C. The van der Waals surface area contributed by atoms with Crippen molar-refractivity contribution in [2.45, 2.75) is 33.2 Å². The van der Waals surface area contributed by atoms with Crippen molar-refractivity contribution in [3.05, 3.63) is 69.0 Å². The fourth-order valence-electron chi connectivity index (χ4n) is 4.31. The molecule has 6 nitrogen and oxygen atoms in total. The molecule has 4 aromatic rings. The number of nitrogens with zero attached hydrogens (tertiary/aromatic N) is 3. The molecule has 1 amide bonds. The zero-order valence-corrected chi connectivity index (χ0v) is 18.8. The summed E-state index contributed by atoms with van der Waals surface area (Å²) in [6, 6.07) is 4.74. The second-order valence-electron chi connectivity index (χ2n) is 8.17. The summed E-state index contributed by atoms with van der Waals surface area (Å²) < 4.78 is 15.0. The molecule has 0 fully saturated rings. The normalized spacial score (nSPS) is 14.3. The first-order valence-electron chi connectivity index (χ1n) is 10.6. The molecule has 1 N–H and O–H groups in total. The molecule has 0 atom stereocenters. The number of amides is 1. The molecule has 8 heteroatoms. The highest BCUT2D eigenvalue weighted by Gasteiger charge is 2.20. The molecule has 164 valence electrons. The lowest BCUT2D eigenvalue weighted by Crippen LogP contribution is -2.35. The minimum atomic E-state index is -0.266. The molecule has 1 aliphatic heterocycles. The first-order valence-corrected chi connectivity index (χ1v) is 11.4. The van der Waals surface area contributed by atoms with Crippen LogP contribution in [0, 0.1) is 19.7 Å². The summed E-state index contributed by atoms with van der Waals surface area (Å²) in [4.78, 5) is 36.8. The lowest BCUT2D eigenvalue weighted by molar-refractivity contribution is -0.131. The van der Waals surface area contributed by atoms with E-state index in [1.807, 2.05) is 24.9 Å². The smallest absolute Gasteiger partial charge is 0.262 e. The van der Waals surface area contributed by atoms with Crippen molar-refractivity contribution in [3.63, 3.8) is 0 Å². The number of thiophene rings is 1. The van der Waals surface area contributed by atoms with Gasteiger partial charge in [0.05, 0.1) is 11.7 Å². The zero-order valence-electron chi connectivity index (χ0n) is 17.9. The third-order valence-electron chi connectivity index (χ3n) is 6.27. The summed E-state index contributed by atoms with van der Waals surface area (Å²) in [6.07, 6.45) is 6.49. The molecule has 0 bridgehead atoms. The predicted octanol–water partition coefficient (Wildman–Crippen LogP) is 4.40. The van der Waals surface area contributed by atoms with E-state index in [1.165, 1.54) is 28.0 Å². The molecule has 0 saturated carbocycles. The fraction of sp³-hybridized carbons (Fsp3) is 0.292. The number of carbonyl (C=O) groups is 1. The molecule has 0 saturated heterocycles. The van der Waals surface area contributed by atoms with E-state index < -0.39 is 0 Å². The molecule has 1 aromatic carbocycles. The van der Waals surface area contributed by atoms with Gasteiger partial charge in [0.1, 0.15) is 10.6 Å². The van der Waals surface area contributed by atoms with Crippen molar-refractivity contribution in [1.82, 2.24) is 19.4 Å². The predicted molar refractivity (Wildman–Crippen MR) is 125 cm³/mol. The van der Waals surface area contributed by atoms with Crippen LogP contribution in [0.2, 0.25) is 0 Å². The Balaban J connectivity index is 1.27. The van der Waals surface area contributed by atoms with Crippen molar-refractivity contribution in [2.24, 2.45) is 0 Å². The van der Waals surface area contributed by atoms with Crippen LogP contribution in [0.25, 0.3) is 26.7 Å². The first-order chi connectivity index (χ1) is 15.4. The summed E-state index contributed by atoms with van der Waals surface area (Å²) in [5.41, 5.74) is 3.87. The van der Waals surface area contributed by atoms with Gasteiger partial charge in [0.15, 0.2) is 0 Å². The molecule has 0 unspecified atom stereocenters. The van der Waals surface area contributed by atoms with Gasteiger partial charge in [-0.15, -0.1) is 11.3 Å². The van der Waals surface area contributed by atoms with Crippen molar-refractivity contribution < 1.29 is 9.18 Å². The molecule has 5 rings (SSSR count). The quantitative estimate of drug-likeness (QED) is 0.501. The van der Waals surface area contributed by atoms with Crippen LogP contribution in [-0.2, 0) is 11.3 Å². The average molecular weight is 451 g/mol. The molecular weight excluding hydrogens is 427 g/mol. The van der Waals surface area contributed by atoms with Crippen molar-refractivity contribution in [3.8, 4) is 0 Å². The van der Waals surface area contributed by atoms with Crippen LogP contribution in [0.5, 0.6) is 0 Å². The molecule has 1 aliphatic rings. The topological polar surface area (TPSA) is 71.0 Å². The van der Waals surface area contributed by atoms with Crippen molar-refractivity contribution in [1.29, 1.82) is 0 Å². The van der Waals surface area contributed by atoms with E-state index in [1.54, 1.807) is 12.4 Å². The summed E-state index contributed by atoms with van der Waals surface area (Å²) >= 11 is 1.52. The highest BCUT2D eigenvalue weighted by Crippen LogP contribution is 2.30. The third kappa shape index (κ3) is 3.54. The van der Waals surface area contributed by atoms with Gasteiger partial charge in [-0.2, -0.15) is 0 Å².